The molecule has 0 aliphatic carbocycles. The number of aliphatic hydroxyl groups is 1. The Hall–Kier alpha value is -2.37. The zero-order valence-corrected chi connectivity index (χ0v) is 18.9. The molecule has 1 unspecified atom stereocenters. The normalized spacial score (nSPS) is 12.2. The number of carboxylic acid groups (broad SMARTS) is 1. The molecule has 0 fully saturated rings. The predicted octanol–water partition coefficient (Wildman–Crippen LogP) is 7.01. The molecule has 0 amide bonds. The smallest absolute Gasteiger partial charge is 0.335 e. The number of fused-ring (bicyclic) bond motifs is 1. The van der Waals surface area contributed by atoms with Gasteiger partial charge in [0.2, 0.25) is 0 Å². The van der Waals surface area contributed by atoms with Gasteiger partial charge in [0.05, 0.1) is 22.9 Å². The molecular formula is C26H31NO3S. The van der Waals surface area contributed by atoms with E-state index in [0.29, 0.717) is 11.3 Å². The molecule has 3 rings (SSSR count). The fraction of sp³-hybridized carbons (Fsp3) is 0.385. The molecule has 0 bridgehead atoms. The zero-order valence-electron chi connectivity index (χ0n) is 18.1. The number of rotatable bonds is 12. The van der Waals surface area contributed by atoms with Gasteiger partial charge in [-0.1, -0.05) is 69.7 Å². The van der Waals surface area contributed by atoms with E-state index in [-0.39, 0.29) is 0 Å². The number of thioether (sulfide) groups is 1. The third kappa shape index (κ3) is 7.08. The van der Waals surface area contributed by atoms with Gasteiger partial charge in [0, 0.05) is 16.0 Å². The van der Waals surface area contributed by atoms with Crippen LogP contribution in [-0.4, -0.2) is 21.2 Å². The van der Waals surface area contributed by atoms with E-state index in [1.807, 2.05) is 30.3 Å². The third-order valence-corrected chi connectivity index (χ3v) is 6.48. The van der Waals surface area contributed by atoms with Gasteiger partial charge < -0.3 is 10.2 Å². The first kappa shape index (κ1) is 23.3. The van der Waals surface area contributed by atoms with E-state index in [0.717, 1.165) is 39.9 Å². The molecule has 0 aliphatic rings. The van der Waals surface area contributed by atoms with Crippen molar-refractivity contribution in [3.8, 4) is 0 Å². The van der Waals surface area contributed by atoms with Crippen LogP contribution in [0.15, 0.2) is 59.5 Å². The minimum absolute atomic E-state index is 0.292. The van der Waals surface area contributed by atoms with Crippen molar-refractivity contribution in [2.75, 3.05) is 0 Å². The second kappa shape index (κ2) is 11.9. The molecule has 4 nitrogen and oxygen atoms in total. The molecule has 2 aromatic carbocycles. The van der Waals surface area contributed by atoms with Crippen molar-refractivity contribution in [1.82, 2.24) is 4.98 Å². The van der Waals surface area contributed by atoms with Crippen molar-refractivity contribution in [3.05, 3.63) is 71.4 Å². The van der Waals surface area contributed by atoms with Crippen LogP contribution in [0.25, 0.3) is 10.9 Å². The van der Waals surface area contributed by atoms with Gasteiger partial charge in [-0.05, 0) is 42.3 Å². The maximum Gasteiger partial charge on any atom is 0.335 e. The predicted molar refractivity (Wildman–Crippen MR) is 128 cm³/mol. The van der Waals surface area contributed by atoms with Crippen LogP contribution >= 0.6 is 11.8 Å². The van der Waals surface area contributed by atoms with Crippen molar-refractivity contribution in [2.45, 2.75) is 68.6 Å². The van der Waals surface area contributed by atoms with E-state index in [4.69, 9.17) is 10.1 Å². The zero-order chi connectivity index (χ0) is 22.1. The summed E-state index contributed by atoms with van der Waals surface area (Å²) in [5.41, 5.74) is 3.03. The van der Waals surface area contributed by atoms with Crippen molar-refractivity contribution >= 4 is 28.6 Å². The number of hydrogen-bond donors (Lipinski definition) is 2. The maximum absolute atomic E-state index is 11.1. The monoisotopic (exact) mass is 437 g/mol. The molecule has 2 N–H and O–H groups in total. The summed E-state index contributed by atoms with van der Waals surface area (Å²) in [5, 5.41) is 20.8. The lowest BCUT2D eigenvalue weighted by Gasteiger charge is -2.12. The Morgan fingerprint density at radius 3 is 2.58 bits per heavy atom. The van der Waals surface area contributed by atoms with Gasteiger partial charge in [-0.15, -0.1) is 11.8 Å². The molecule has 0 saturated carbocycles. The Bertz CT molecular complexity index is 1000. The number of aliphatic hydroxyl groups excluding tert-OH is 1. The number of pyridine rings is 1. The Morgan fingerprint density at radius 2 is 1.77 bits per heavy atom. The number of aromatic nitrogens is 1. The van der Waals surface area contributed by atoms with Crippen molar-refractivity contribution in [1.29, 1.82) is 0 Å². The molecule has 0 aliphatic heterocycles. The summed E-state index contributed by atoms with van der Waals surface area (Å²) < 4.78 is 0. The van der Waals surface area contributed by atoms with E-state index >= 15 is 0 Å². The topological polar surface area (TPSA) is 70.4 Å². The first-order chi connectivity index (χ1) is 15.1. The quantitative estimate of drug-likeness (QED) is 0.235. The number of unbranched alkanes of at least 4 members (excludes halogenated alkanes) is 5. The minimum Gasteiger partial charge on any atom is -0.478 e. The van der Waals surface area contributed by atoms with Crippen molar-refractivity contribution in [2.24, 2.45) is 0 Å². The van der Waals surface area contributed by atoms with Crippen LogP contribution in [0.1, 0.15) is 79.6 Å². The van der Waals surface area contributed by atoms with Gasteiger partial charge in [-0.2, -0.15) is 0 Å². The van der Waals surface area contributed by atoms with Crippen LogP contribution in [0.2, 0.25) is 0 Å². The second-order valence-corrected chi connectivity index (χ2v) is 9.00. The van der Waals surface area contributed by atoms with Crippen LogP contribution in [-0.2, 0) is 5.75 Å². The lowest BCUT2D eigenvalue weighted by molar-refractivity contribution is 0.0696. The van der Waals surface area contributed by atoms with E-state index in [1.54, 1.807) is 30.0 Å². The van der Waals surface area contributed by atoms with Crippen LogP contribution in [0.3, 0.4) is 0 Å². The Balaban J connectivity index is 1.60. The molecule has 0 spiro atoms. The highest BCUT2D eigenvalue weighted by Crippen LogP contribution is 2.26. The average Bonchev–Trinajstić information content (AvgIpc) is 2.79. The van der Waals surface area contributed by atoms with Gasteiger partial charge in [0.1, 0.15) is 0 Å². The number of nitrogens with zero attached hydrogens (tertiary/aromatic N) is 1. The molecule has 1 heterocycles. The molecule has 0 saturated heterocycles. The molecule has 1 aromatic heterocycles. The molecule has 1 atom stereocenters. The maximum atomic E-state index is 11.1. The highest BCUT2D eigenvalue weighted by atomic mass is 32.2. The first-order valence-corrected chi connectivity index (χ1v) is 12.1. The van der Waals surface area contributed by atoms with E-state index in [1.165, 1.54) is 32.1 Å². The molecular weight excluding hydrogens is 406 g/mol. The van der Waals surface area contributed by atoms with Gasteiger partial charge in [-0.3, -0.25) is 4.98 Å². The van der Waals surface area contributed by atoms with Crippen LogP contribution in [0.4, 0.5) is 0 Å². The lowest BCUT2D eigenvalue weighted by atomic mass is 10.0. The SMILES string of the molecule is CCCCCCCCC(O)c1ccc2ccc(CSc3cccc(C(=O)O)c3)nc2c1. The minimum atomic E-state index is -0.918. The summed E-state index contributed by atoms with van der Waals surface area (Å²) in [7, 11) is 0. The number of carbonyl (C=O) groups is 1. The van der Waals surface area contributed by atoms with Gasteiger partial charge in [0.15, 0.2) is 0 Å². The summed E-state index contributed by atoms with van der Waals surface area (Å²) >= 11 is 1.57. The molecule has 0 radical (unpaired) electrons. The molecule has 5 heteroatoms. The van der Waals surface area contributed by atoms with Crippen LogP contribution in [0, 0.1) is 0 Å². The second-order valence-electron chi connectivity index (χ2n) is 7.95. The summed E-state index contributed by atoms with van der Waals surface area (Å²) in [4.78, 5) is 16.8. The summed E-state index contributed by atoms with van der Waals surface area (Å²) in [6, 6.07) is 17.0. The fourth-order valence-corrected chi connectivity index (χ4v) is 4.49. The van der Waals surface area contributed by atoms with E-state index < -0.39 is 12.1 Å². The summed E-state index contributed by atoms with van der Waals surface area (Å²) in [6.45, 7) is 2.22. The highest BCUT2D eigenvalue weighted by Gasteiger charge is 2.10. The highest BCUT2D eigenvalue weighted by molar-refractivity contribution is 7.98. The van der Waals surface area contributed by atoms with E-state index in [2.05, 4.69) is 13.0 Å². The third-order valence-electron chi connectivity index (χ3n) is 5.46. The molecule has 164 valence electrons. The lowest BCUT2D eigenvalue weighted by Crippen LogP contribution is -1.98. The standard InChI is InChI=1S/C26H31NO3S/c1-2-3-4-5-6-7-11-25(28)20-13-12-19-14-15-22(27-24(19)17-20)18-31-23-10-8-9-21(16-23)26(29)30/h8-10,12-17,25,28H,2-7,11,18H2,1H3,(H,29,30). The average molecular weight is 438 g/mol. The molecule has 3 aromatic rings. The number of hydrogen-bond acceptors (Lipinski definition) is 4. The van der Waals surface area contributed by atoms with Gasteiger partial charge in [0.25, 0.3) is 0 Å². The summed E-state index contributed by atoms with van der Waals surface area (Å²) in [5.74, 6) is -0.262. The van der Waals surface area contributed by atoms with Crippen molar-refractivity contribution < 1.29 is 15.0 Å². The summed E-state index contributed by atoms with van der Waals surface area (Å²) in [6.07, 6.45) is 7.63. The van der Waals surface area contributed by atoms with Gasteiger partial charge in [-0.25, -0.2) is 4.79 Å². The van der Waals surface area contributed by atoms with Gasteiger partial charge >= 0.3 is 5.97 Å². The largest absolute Gasteiger partial charge is 0.478 e. The number of benzene rings is 2. The molecule has 31 heavy (non-hydrogen) atoms. The first-order valence-electron chi connectivity index (χ1n) is 11.1. The fourth-order valence-electron chi connectivity index (χ4n) is 3.62. The Morgan fingerprint density at radius 1 is 1.00 bits per heavy atom. The van der Waals surface area contributed by atoms with Crippen LogP contribution in [0.5, 0.6) is 0 Å². The number of aromatic carboxylic acids is 1. The van der Waals surface area contributed by atoms with Crippen LogP contribution < -0.4 is 0 Å². The Kier molecular flexibility index (Phi) is 8.92. The Labute approximate surface area is 188 Å². The number of carboxylic acids is 1. The van der Waals surface area contributed by atoms with Crippen molar-refractivity contribution in [3.63, 3.8) is 0 Å². The van der Waals surface area contributed by atoms with E-state index in [9.17, 15) is 9.90 Å².